The number of rotatable bonds is 5. The van der Waals surface area contributed by atoms with Crippen molar-refractivity contribution in [1.82, 2.24) is 9.21 Å². The van der Waals surface area contributed by atoms with Crippen LogP contribution in [0.4, 0.5) is 5.69 Å². The van der Waals surface area contributed by atoms with Crippen LogP contribution in [-0.2, 0) is 21.2 Å². The third kappa shape index (κ3) is 4.64. The highest BCUT2D eigenvalue weighted by atomic mass is 32.2. The first kappa shape index (κ1) is 22.8. The number of anilines is 1. The van der Waals surface area contributed by atoms with Gasteiger partial charge in [0.2, 0.25) is 15.9 Å². The predicted molar refractivity (Wildman–Crippen MR) is 133 cm³/mol. The number of hydrogen-bond donors (Lipinski definition) is 1. The molecule has 6 nitrogen and oxygen atoms in total. The number of aryl methyl sites for hydroxylation is 1. The number of carbonyl (C=O) groups excluding carboxylic acids is 1. The minimum absolute atomic E-state index is 0.0168. The fourth-order valence-corrected chi connectivity index (χ4v) is 6.42. The molecule has 34 heavy (non-hydrogen) atoms. The first-order chi connectivity index (χ1) is 16.5. The molecule has 0 aliphatic carbocycles. The van der Waals surface area contributed by atoms with Gasteiger partial charge >= 0.3 is 0 Å². The Morgan fingerprint density at radius 2 is 1.38 bits per heavy atom. The number of sulfonamides is 1. The molecule has 3 aromatic rings. The molecule has 2 aliphatic rings. The van der Waals surface area contributed by atoms with Gasteiger partial charge in [-0.25, -0.2) is 8.42 Å². The molecule has 7 heteroatoms. The van der Waals surface area contributed by atoms with Gasteiger partial charge in [-0.2, -0.15) is 4.31 Å². The van der Waals surface area contributed by atoms with Crippen LogP contribution in [0.25, 0.3) is 0 Å². The molecule has 0 saturated carbocycles. The van der Waals surface area contributed by atoms with E-state index < -0.39 is 10.0 Å². The molecule has 1 saturated heterocycles. The van der Waals surface area contributed by atoms with Crippen LogP contribution in [0.3, 0.4) is 0 Å². The monoisotopic (exact) mass is 475 g/mol. The predicted octanol–water partition coefficient (Wildman–Crippen LogP) is 4.06. The van der Waals surface area contributed by atoms with E-state index in [0.717, 1.165) is 17.7 Å². The summed E-state index contributed by atoms with van der Waals surface area (Å²) in [6.45, 7) is 2.17. The molecule has 1 N–H and O–H groups in total. The zero-order chi connectivity index (χ0) is 23.5. The summed E-state index contributed by atoms with van der Waals surface area (Å²) in [6.07, 6.45) is 1.88. The summed E-state index contributed by atoms with van der Waals surface area (Å²) in [5.41, 5.74) is 4.02. The van der Waals surface area contributed by atoms with Crippen molar-refractivity contribution in [3.63, 3.8) is 0 Å². The van der Waals surface area contributed by atoms with E-state index in [1.165, 1.54) is 11.1 Å². The Labute approximate surface area is 201 Å². The van der Waals surface area contributed by atoms with Crippen LogP contribution < -0.4 is 5.32 Å². The lowest BCUT2D eigenvalue weighted by atomic mass is 9.96. The average Bonchev–Trinajstić information content (AvgIpc) is 3.06. The summed E-state index contributed by atoms with van der Waals surface area (Å²) in [7, 11) is -3.61. The van der Waals surface area contributed by atoms with Gasteiger partial charge in [-0.05, 0) is 47.7 Å². The Bertz CT molecular complexity index is 1220. The summed E-state index contributed by atoms with van der Waals surface area (Å²) >= 11 is 0. The van der Waals surface area contributed by atoms with Gasteiger partial charge in [0, 0.05) is 38.3 Å². The van der Waals surface area contributed by atoms with Crippen LogP contribution in [0.2, 0.25) is 0 Å². The van der Waals surface area contributed by atoms with E-state index in [1.54, 1.807) is 22.5 Å². The molecular formula is C27H29N3O3S. The fourth-order valence-electron chi connectivity index (χ4n) is 4.95. The zero-order valence-electron chi connectivity index (χ0n) is 19.1. The van der Waals surface area contributed by atoms with Crippen LogP contribution in [-0.4, -0.2) is 49.7 Å². The molecule has 3 aromatic carbocycles. The maximum atomic E-state index is 13.5. The minimum atomic E-state index is -3.61. The number of nitrogens with one attached hydrogen (secondary N) is 1. The summed E-state index contributed by atoms with van der Waals surface area (Å²) in [5, 5.41) is 2.88. The quantitative estimate of drug-likeness (QED) is 0.604. The van der Waals surface area contributed by atoms with E-state index in [0.29, 0.717) is 43.9 Å². The number of nitrogens with zero attached hydrogens (tertiary/aromatic N) is 2. The van der Waals surface area contributed by atoms with Gasteiger partial charge in [0.15, 0.2) is 0 Å². The first-order valence-corrected chi connectivity index (χ1v) is 13.2. The van der Waals surface area contributed by atoms with E-state index in [4.69, 9.17) is 0 Å². The topological polar surface area (TPSA) is 69.7 Å². The Kier molecular flexibility index (Phi) is 6.50. The van der Waals surface area contributed by atoms with E-state index in [9.17, 15) is 13.2 Å². The molecule has 0 spiro atoms. The van der Waals surface area contributed by atoms with Gasteiger partial charge < -0.3 is 5.32 Å². The molecular weight excluding hydrogens is 446 g/mol. The third-order valence-electron chi connectivity index (χ3n) is 6.71. The van der Waals surface area contributed by atoms with Gasteiger partial charge in [-0.15, -0.1) is 0 Å². The van der Waals surface area contributed by atoms with Crippen LogP contribution in [0.15, 0.2) is 83.8 Å². The molecule has 0 unspecified atom stereocenters. The van der Waals surface area contributed by atoms with Crippen molar-refractivity contribution in [3.8, 4) is 0 Å². The van der Waals surface area contributed by atoms with Crippen molar-refractivity contribution in [2.45, 2.75) is 30.2 Å². The highest BCUT2D eigenvalue weighted by Crippen LogP contribution is 2.31. The highest BCUT2D eigenvalue weighted by Gasteiger charge is 2.32. The maximum absolute atomic E-state index is 13.5. The van der Waals surface area contributed by atoms with Gasteiger partial charge in [0.05, 0.1) is 10.9 Å². The molecule has 0 radical (unpaired) electrons. The Morgan fingerprint density at radius 1 is 0.765 bits per heavy atom. The lowest BCUT2D eigenvalue weighted by Crippen LogP contribution is -2.49. The van der Waals surface area contributed by atoms with Gasteiger partial charge in [0.25, 0.3) is 0 Å². The van der Waals surface area contributed by atoms with E-state index in [2.05, 4.69) is 34.5 Å². The smallest absolute Gasteiger partial charge is 0.243 e. The molecule has 176 valence electrons. The summed E-state index contributed by atoms with van der Waals surface area (Å²) < 4.78 is 28.5. The van der Waals surface area contributed by atoms with Crippen LogP contribution in [0.5, 0.6) is 0 Å². The van der Waals surface area contributed by atoms with Crippen molar-refractivity contribution < 1.29 is 13.2 Å². The second kappa shape index (κ2) is 9.70. The Hall–Kier alpha value is -3.00. The average molecular weight is 476 g/mol. The molecule has 2 heterocycles. The highest BCUT2D eigenvalue weighted by molar-refractivity contribution is 7.89. The number of amides is 1. The van der Waals surface area contributed by atoms with Crippen molar-refractivity contribution in [1.29, 1.82) is 0 Å². The largest absolute Gasteiger partial charge is 0.326 e. The molecule has 0 bridgehead atoms. The van der Waals surface area contributed by atoms with Crippen LogP contribution >= 0.6 is 0 Å². The van der Waals surface area contributed by atoms with Crippen molar-refractivity contribution >= 4 is 21.6 Å². The van der Waals surface area contributed by atoms with Crippen LogP contribution in [0, 0.1) is 0 Å². The fraction of sp³-hybridized carbons (Fsp3) is 0.296. The van der Waals surface area contributed by atoms with E-state index in [-0.39, 0.29) is 11.9 Å². The van der Waals surface area contributed by atoms with Crippen molar-refractivity contribution in [3.05, 3.63) is 95.6 Å². The Morgan fingerprint density at radius 3 is 2.00 bits per heavy atom. The van der Waals surface area contributed by atoms with Gasteiger partial charge in [-0.1, -0.05) is 60.7 Å². The molecule has 1 amide bonds. The van der Waals surface area contributed by atoms with Crippen molar-refractivity contribution in [2.75, 3.05) is 31.5 Å². The van der Waals surface area contributed by atoms with E-state index >= 15 is 0 Å². The Balaban J connectivity index is 1.35. The first-order valence-electron chi connectivity index (χ1n) is 11.8. The second-order valence-electron chi connectivity index (χ2n) is 8.88. The normalized spacial score (nSPS) is 17.7. The van der Waals surface area contributed by atoms with Gasteiger partial charge in [-0.3, -0.25) is 9.69 Å². The maximum Gasteiger partial charge on any atom is 0.243 e. The zero-order valence-corrected chi connectivity index (χ0v) is 19.9. The number of fused-ring (bicyclic) bond motifs is 1. The molecule has 0 aromatic heterocycles. The standard InChI is InChI=1S/C27H29N3O3S/c31-26-13-7-12-23-20-24(14-15-25(23)28-26)34(32,33)30-18-16-29(17-19-30)27(21-8-3-1-4-9-21)22-10-5-2-6-11-22/h1-6,8-11,14-15,20,27H,7,12-13,16-19H2,(H,28,31). The molecule has 5 rings (SSSR count). The molecule has 1 fully saturated rings. The second-order valence-corrected chi connectivity index (χ2v) is 10.8. The number of carbonyl (C=O) groups is 1. The lowest BCUT2D eigenvalue weighted by molar-refractivity contribution is -0.116. The molecule has 0 atom stereocenters. The summed E-state index contributed by atoms with van der Waals surface area (Å²) in [5.74, 6) is -0.0168. The summed E-state index contributed by atoms with van der Waals surface area (Å²) in [6, 6.07) is 25.9. The lowest BCUT2D eigenvalue weighted by Gasteiger charge is -2.39. The SMILES string of the molecule is O=C1CCCc2cc(S(=O)(=O)N3CCN(C(c4ccccc4)c4ccccc4)CC3)ccc2N1. The number of benzene rings is 3. The van der Waals surface area contributed by atoms with Crippen molar-refractivity contribution in [2.24, 2.45) is 0 Å². The third-order valence-corrected chi connectivity index (χ3v) is 8.60. The van der Waals surface area contributed by atoms with Crippen LogP contribution in [0.1, 0.15) is 35.6 Å². The van der Waals surface area contributed by atoms with E-state index in [1.807, 2.05) is 36.4 Å². The van der Waals surface area contributed by atoms with Gasteiger partial charge in [0.1, 0.15) is 0 Å². The minimum Gasteiger partial charge on any atom is -0.326 e. The number of piperazine rings is 1. The molecule has 2 aliphatic heterocycles. The summed E-state index contributed by atoms with van der Waals surface area (Å²) in [4.78, 5) is 14.5. The number of hydrogen-bond acceptors (Lipinski definition) is 4.